The largest absolute Gasteiger partial charge is 0.380 e. The van der Waals surface area contributed by atoms with E-state index in [0.717, 1.165) is 24.2 Å². The molecule has 26 heavy (non-hydrogen) atoms. The number of carbonyl (C=O) groups is 1. The van der Waals surface area contributed by atoms with Crippen molar-refractivity contribution >= 4 is 27.3 Å². The fraction of sp³-hybridized carbons (Fsp3) is 0.706. The molecule has 1 amide bonds. The summed E-state index contributed by atoms with van der Waals surface area (Å²) in [4.78, 5) is 16.5. The van der Waals surface area contributed by atoms with Gasteiger partial charge in [0, 0.05) is 26.2 Å². The summed E-state index contributed by atoms with van der Waals surface area (Å²) in [6.45, 7) is 1.19. The highest BCUT2D eigenvalue weighted by Crippen LogP contribution is 2.38. The Morgan fingerprint density at radius 2 is 2.04 bits per heavy atom. The number of fused-ring (bicyclic) bond motifs is 1. The van der Waals surface area contributed by atoms with Crippen LogP contribution in [0.4, 0.5) is 0 Å². The van der Waals surface area contributed by atoms with Crippen LogP contribution in [0.5, 0.6) is 0 Å². The minimum atomic E-state index is -3.61. The summed E-state index contributed by atoms with van der Waals surface area (Å²) in [6, 6.07) is 3.57. The highest BCUT2D eigenvalue weighted by atomic mass is 32.2. The number of methoxy groups -OCH3 is 1. The zero-order valence-electron chi connectivity index (χ0n) is 15.4. The number of likely N-dealkylation sites (tertiary alicyclic amines) is 1. The van der Waals surface area contributed by atoms with E-state index < -0.39 is 10.0 Å². The van der Waals surface area contributed by atoms with Crippen LogP contribution in [0.2, 0.25) is 0 Å². The van der Waals surface area contributed by atoms with Crippen molar-refractivity contribution in [3.63, 3.8) is 0 Å². The molecule has 0 spiro atoms. The van der Waals surface area contributed by atoms with Crippen molar-refractivity contribution in [3.8, 4) is 0 Å². The Balaban J connectivity index is 1.58. The van der Waals surface area contributed by atoms with E-state index in [9.17, 15) is 13.2 Å². The zero-order chi connectivity index (χ0) is 18.9. The first kappa shape index (κ1) is 19.8. The number of sulfonamides is 1. The molecule has 9 heteroatoms. The van der Waals surface area contributed by atoms with Crippen molar-refractivity contribution in [1.82, 2.24) is 14.5 Å². The summed E-state index contributed by atoms with van der Waals surface area (Å²) in [7, 11) is 2.27. The van der Waals surface area contributed by atoms with Gasteiger partial charge in [-0.15, -0.1) is 11.3 Å². The van der Waals surface area contributed by atoms with Gasteiger partial charge in [0.2, 0.25) is 5.91 Å². The first-order chi connectivity index (χ1) is 12.3. The van der Waals surface area contributed by atoms with Gasteiger partial charge in [-0.2, -0.15) is 0 Å². The number of nitrogens with one attached hydrogen (secondary N) is 1. The van der Waals surface area contributed by atoms with Gasteiger partial charge in [-0.05, 0) is 50.2 Å². The number of nitrogens with zero attached hydrogens (tertiary/aromatic N) is 2. The van der Waals surface area contributed by atoms with E-state index in [1.54, 1.807) is 23.5 Å². The molecule has 2 heterocycles. The molecule has 4 atom stereocenters. The van der Waals surface area contributed by atoms with E-state index >= 15 is 0 Å². The second-order valence-electron chi connectivity index (χ2n) is 7.35. The summed E-state index contributed by atoms with van der Waals surface area (Å²) < 4.78 is 32.7. The fourth-order valence-electron chi connectivity index (χ4n) is 4.15. The normalized spacial score (nSPS) is 29.2. The SMILES string of the molecule is CO[C@@H]1C[C@H]2CN(C(=O)CNS(=O)(=O)c3cccs3)C[C@H]2C[C@H]1N(C)C. The molecule has 1 N–H and O–H groups in total. The highest BCUT2D eigenvalue weighted by Gasteiger charge is 2.44. The maximum atomic E-state index is 12.5. The quantitative estimate of drug-likeness (QED) is 0.764. The summed E-state index contributed by atoms with van der Waals surface area (Å²) in [6.07, 6.45) is 2.12. The lowest BCUT2D eigenvalue weighted by Gasteiger charge is -2.40. The predicted molar refractivity (Wildman–Crippen MR) is 101 cm³/mol. The highest BCUT2D eigenvalue weighted by molar-refractivity contribution is 7.91. The van der Waals surface area contributed by atoms with E-state index in [0.29, 0.717) is 31.0 Å². The molecule has 146 valence electrons. The van der Waals surface area contributed by atoms with Crippen LogP contribution < -0.4 is 4.72 Å². The number of carbonyl (C=O) groups excluding carboxylic acids is 1. The molecule has 2 fully saturated rings. The van der Waals surface area contributed by atoms with Gasteiger partial charge in [0.1, 0.15) is 4.21 Å². The van der Waals surface area contributed by atoms with Crippen LogP contribution in [-0.2, 0) is 19.6 Å². The topological polar surface area (TPSA) is 79.0 Å². The standard InChI is InChI=1S/C17H27N3O4S2/c1-19(2)14-7-12-10-20(11-13(12)8-15(14)24-3)16(21)9-18-26(22,23)17-5-4-6-25-17/h4-6,12-15,18H,7-11H2,1-3H3/t12-,13+,14-,15-/m1/s1. The van der Waals surface area contributed by atoms with Crippen molar-refractivity contribution in [2.45, 2.75) is 29.2 Å². The summed E-state index contributed by atoms with van der Waals surface area (Å²) >= 11 is 1.14. The Morgan fingerprint density at radius 1 is 1.35 bits per heavy atom. The van der Waals surface area contributed by atoms with Gasteiger partial charge >= 0.3 is 0 Å². The number of hydrogen-bond donors (Lipinski definition) is 1. The predicted octanol–water partition coefficient (Wildman–Crippen LogP) is 0.840. The maximum Gasteiger partial charge on any atom is 0.250 e. The Hall–Kier alpha value is -1.00. The first-order valence-corrected chi connectivity index (χ1v) is 11.2. The molecule has 7 nitrogen and oxygen atoms in total. The molecule has 0 unspecified atom stereocenters. The number of ether oxygens (including phenoxy) is 1. The third-order valence-electron chi connectivity index (χ3n) is 5.58. The van der Waals surface area contributed by atoms with Crippen LogP contribution >= 0.6 is 11.3 Å². The Bertz CT molecular complexity index is 720. The first-order valence-electron chi connectivity index (χ1n) is 8.82. The van der Waals surface area contributed by atoms with E-state index in [2.05, 4.69) is 23.7 Å². The van der Waals surface area contributed by atoms with Gasteiger partial charge in [-0.3, -0.25) is 4.79 Å². The average Bonchev–Trinajstić information content (AvgIpc) is 3.27. The van der Waals surface area contributed by atoms with Crippen LogP contribution in [0.25, 0.3) is 0 Å². The fourth-order valence-corrected chi connectivity index (χ4v) is 6.16. The third-order valence-corrected chi connectivity index (χ3v) is 8.38. The molecule has 0 bridgehead atoms. The number of hydrogen-bond acceptors (Lipinski definition) is 6. The molecule has 1 aromatic heterocycles. The molecular formula is C17H27N3O4S2. The van der Waals surface area contributed by atoms with Crippen LogP contribution in [0, 0.1) is 11.8 Å². The molecule has 0 radical (unpaired) electrons. The van der Waals surface area contributed by atoms with Crippen LogP contribution in [0.15, 0.2) is 21.7 Å². The molecule has 0 aromatic carbocycles. The van der Waals surface area contributed by atoms with Crippen LogP contribution in [-0.4, -0.2) is 77.1 Å². The second-order valence-corrected chi connectivity index (χ2v) is 10.3. The Kier molecular flexibility index (Phi) is 6.03. The summed E-state index contributed by atoms with van der Waals surface area (Å²) in [5.41, 5.74) is 0. The Labute approximate surface area is 159 Å². The minimum absolute atomic E-state index is 0.157. The molecule has 3 rings (SSSR count). The van der Waals surface area contributed by atoms with E-state index in [4.69, 9.17) is 4.74 Å². The smallest absolute Gasteiger partial charge is 0.250 e. The summed E-state index contributed by atoms with van der Waals surface area (Å²) in [5, 5.41) is 1.70. The van der Waals surface area contributed by atoms with Crippen molar-refractivity contribution in [3.05, 3.63) is 17.5 Å². The van der Waals surface area contributed by atoms with Crippen molar-refractivity contribution in [1.29, 1.82) is 0 Å². The van der Waals surface area contributed by atoms with Gasteiger partial charge in [-0.1, -0.05) is 6.07 Å². The molecule has 1 aliphatic heterocycles. The molecule has 1 saturated heterocycles. The molecule has 1 aromatic rings. The molecule has 2 aliphatic rings. The number of likely N-dealkylation sites (N-methyl/N-ethyl adjacent to an activating group) is 1. The van der Waals surface area contributed by atoms with Gasteiger partial charge < -0.3 is 14.5 Å². The average molecular weight is 402 g/mol. The monoisotopic (exact) mass is 401 g/mol. The van der Waals surface area contributed by atoms with E-state index in [1.165, 1.54) is 6.07 Å². The van der Waals surface area contributed by atoms with Gasteiger partial charge in [-0.25, -0.2) is 13.1 Å². The third kappa shape index (κ3) is 4.12. The zero-order valence-corrected chi connectivity index (χ0v) is 17.1. The van der Waals surface area contributed by atoms with Crippen molar-refractivity contribution in [2.24, 2.45) is 11.8 Å². The number of amides is 1. The van der Waals surface area contributed by atoms with Crippen molar-refractivity contribution < 1.29 is 17.9 Å². The number of rotatable bonds is 6. The van der Waals surface area contributed by atoms with Gasteiger partial charge in [0.25, 0.3) is 10.0 Å². The second kappa shape index (κ2) is 7.93. The van der Waals surface area contributed by atoms with Gasteiger partial charge in [0.15, 0.2) is 0 Å². The maximum absolute atomic E-state index is 12.5. The van der Waals surface area contributed by atoms with Crippen molar-refractivity contribution in [2.75, 3.05) is 40.8 Å². The van der Waals surface area contributed by atoms with Crippen LogP contribution in [0.3, 0.4) is 0 Å². The lowest BCUT2D eigenvalue weighted by atomic mass is 9.77. The van der Waals surface area contributed by atoms with Gasteiger partial charge in [0.05, 0.1) is 12.6 Å². The van der Waals surface area contributed by atoms with Crippen LogP contribution in [0.1, 0.15) is 12.8 Å². The van der Waals surface area contributed by atoms with E-state index in [-0.39, 0.29) is 22.8 Å². The lowest BCUT2D eigenvalue weighted by Crippen LogP contribution is -2.47. The lowest BCUT2D eigenvalue weighted by molar-refractivity contribution is -0.129. The molecule has 1 aliphatic carbocycles. The molecule has 1 saturated carbocycles. The minimum Gasteiger partial charge on any atom is -0.380 e. The Morgan fingerprint density at radius 3 is 2.62 bits per heavy atom. The van der Waals surface area contributed by atoms with E-state index in [1.807, 2.05) is 0 Å². The summed E-state index contributed by atoms with van der Waals surface area (Å²) in [5.74, 6) is 0.718. The number of thiophene rings is 1. The molecular weight excluding hydrogens is 374 g/mol.